The van der Waals surface area contributed by atoms with Gasteiger partial charge in [-0.05, 0) is 46.5 Å². The molecule has 0 radical (unpaired) electrons. The quantitative estimate of drug-likeness (QED) is 0.221. The predicted molar refractivity (Wildman–Crippen MR) is 175 cm³/mol. The van der Waals surface area contributed by atoms with Crippen LogP contribution in [0.4, 0.5) is 5.82 Å². The second-order valence-electron chi connectivity index (χ2n) is 11.1. The van der Waals surface area contributed by atoms with Crippen LogP contribution in [0.25, 0.3) is 50.0 Å². The fourth-order valence-corrected chi connectivity index (χ4v) is 6.49. The zero-order valence-electron chi connectivity index (χ0n) is 23.1. The maximum atomic E-state index is 5.06. The van der Waals surface area contributed by atoms with E-state index in [0.29, 0.717) is 0 Å². The van der Waals surface area contributed by atoms with Crippen molar-refractivity contribution in [3.63, 3.8) is 0 Å². The molecule has 0 amide bonds. The first kappa shape index (κ1) is 23.9. The smallest absolute Gasteiger partial charge is 0.160 e. The van der Waals surface area contributed by atoms with Crippen LogP contribution in [0.5, 0.6) is 0 Å². The molecule has 4 nitrogen and oxygen atoms in total. The number of aromatic nitrogens is 3. The van der Waals surface area contributed by atoms with Crippen molar-refractivity contribution in [2.75, 3.05) is 0 Å². The molecule has 200 valence electrons. The number of fused-ring (bicyclic) bond motifs is 7. The normalized spacial score (nSPS) is 15.0. The Hall–Kier alpha value is -5.74. The molecule has 3 heterocycles. The van der Waals surface area contributed by atoms with Crippen LogP contribution >= 0.6 is 0 Å². The minimum Gasteiger partial charge on any atom is -0.232 e. The molecule has 1 aliphatic carbocycles. The zero-order valence-corrected chi connectivity index (χ0v) is 23.1. The third kappa shape index (κ3) is 3.84. The SMILES string of the molecule is C1=C(c2ccc(-c3nc(-c4ccccc4)c4ccccc4n3)cc2)c2ccccc2C2C1=Nc1nc3ccccc3cc12. The van der Waals surface area contributed by atoms with E-state index in [1.807, 2.05) is 36.4 Å². The number of pyridine rings is 1. The highest BCUT2D eigenvalue weighted by atomic mass is 14.9. The Morgan fingerprint density at radius 1 is 0.512 bits per heavy atom. The summed E-state index contributed by atoms with van der Waals surface area (Å²) in [5, 5.41) is 2.19. The molecule has 43 heavy (non-hydrogen) atoms. The van der Waals surface area contributed by atoms with Gasteiger partial charge in [0.15, 0.2) is 11.6 Å². The van der Waals surface area contributed by atoms with Gasteiger partial charge in [-0.2, -0.15) is 0 Å². The number of aliphatic imine (C=N–C) groups is 1. The molecular formula is C39H24N4. The highest BCUT2D eigenvalue weighted by molar-refractivity contribution is 6.16. The molecular weight excluding hydrogens is 524 g/mol. The van der Waals surface area contributed by atoms with E-state index in [1.54, 1.807) is 0 Å². The Bertz CT molecular complexity index is 2280. The largest absolute Gasteiger partial charge is 0.232 e. The lowest BCUT2D eigenvalue weighted by Crippen LogP contribution is -2.15. The van der Waals surface area contributed by atoms with Crippen LogP contribution in [-0.4, -0.2) is 20.7 Å². The van der Waals surface area contributed by atoms with Gasteiger partial charge in [-0.3, -0.25) is 0 Å². The lowest BCUT2D eigenvalue weighted by molar-refractivity contribution is 1.09. The second kappa shape index (κ2) is 9.40. The fourth-order valence-electron chi connectivity index (χ4n) is 6.49. The highest BCUT2D eigenvalue weighted by Crippen LogP contribution is 2.47. The van der Waals surface area contributed by atoms with Gasteiger partial charge < -0.3 is 0 Å². The monoisotopic (exact) mass is 548 g/mol. The van der Waals surface area contributed by atoms with Crippen molar-refractivity contribution in [1.29, 1.82) is 0 Å². The number of benzene rings is 5. The van der Waals surface area contributed by atoms with E-state index in [9.17, 15) is 0 Å². The summed E-state index contributed by atoms with van der Waals surface area (Å²) < 4.78 is 0. The van der Waals surface area contributed by atoms with Crippen molar-refractivity contribution in [2.45, 2.75) is 5.92 Å². The van der Waals surface area contributed by atoms with E-state index in [-0.39, 0.29) is 5.92 Å². The van der Waals surface area contributed by atoms with Crippen LogP contribution in [-0.2, 0) is 0 Å². The first-order valence-corrected chi connectivity index (χ1v) is 14.5. The summed E-state index contributed by atoms with van der Waals surface area (Å²) in [7, 11) is 0. The summed E-state index contributed by atoms with van der Waals surface area (Å²) >= 11 is 0. The van der Waals surface area contributed by atoms with Crippen molar-refractivity contribution >= 4 is 38.9 Å². The Balaban J connectivity index is 1.14. The van der Waals surface area contributed by atoms with Gasteiger partial charge in [0.05, 0.1) is 28.4 Å². The van der Waals surface area contributed by atoms with Gasteiger partial charge in [-0.1, -0.05) is 115 Å². The molecule has 1 unspecified atom stereocenters. The Kier molecular flexibility index (Phi) is 5.23. The molecule has 0 N–H and O–H groups in total. The van der Waals surface area contributed by atoms with Gasteiger partial charge >= 0.3 is 0 Å². The summed E-state index contributed by atoms with van der Waals surface area (Å²) in [6.07, 6.45) is 2.24. The summed E-state index contributed by atoms with van der Waals surface area (Å²) in [4.78, 5) is 20.0. The van der Waals surface area contributed by atoms with Crippen molar-refractivity contribution in [1.82, 2.24) is 15.0 Å². The molecule has 5 aromatic carbocycles. The van der Waals surface area contributed by atoms with Gasteiger partial charge in [0.1, 0.15) is 0 Å². The van der Waals surface area contributed by atoms with E-state index in [4.69, 9.17) is 19.9 Å². The van der Waals surface area contributed by atoms with Crippen LogP contribution in [0.3, 0.4) is 0 Å². The predicted octanol–water partition coefficient (Wildman–Crippen LogP) is 9.18. The molecule has 0 spiro atoms. The van der Waals surface area contributed by atoms with Gasteiger partial charge in [0, 0.05) is 27.5 Å². The average Bonchev–Trinajstić information content (AvgIpc) is 3.44. The molecule has 4 heteroatoms. The number of hydrogen-bond acceptors (Lipinski definition) is 4. The maximum Gasteiger partial charge on any atom is 0.160 e. The Morgan fingerprint density at radius 3 is 2.12 bits per heavy atom. The average molecular weight is 549 g/mol. The molecule has 1 aliphatic heterocycles. The van der Waals surface area contributed by atoms with Gasteiger partial charge in [0.2, 0.25) is 0 Å². The van der Waals surface area contributed by atoms with E-state index in [2.05, 4.69) is 103 Å². The minimum atomic E-state index is 0.0914. The lowest BCUT2D eigenvalue weighted by atomic mass is 9.77. The lowest BCUT2D eigenvalue weighted by Gasteiger charge is -2.25. The standard InChI is InChI=1S/C39H24N4/c1-2-10-25(11-3-1)37-30-15-7-9-17-34(30)41-38(43-37)26-20-18-24(19-21-26)31-23-35-36(29-14-6-5-13-28(29)31)32-22-27-12-4-8-16-33(27)40-39(32)42-35/h1-23,36H. The summed E-state index contributed by atoms with van der Waals surface area (Å²) in [5.41, 5.74) is 11.9. The zero-order chi connectivity index (χ0) is 28.3. The molecule has 0 saturated carbocycles. The van der Waals surface area contributed by atoms with Gasteiger partial charge in [-0.15, -0.1) is 0 Å². The third-order valence-electron chi connectivity index (χ3n) is 8.53. The minimum absolute atomic E-state index is 0.0914. The second-order valence-corrected chi connectivity index (χ2v) is 11.1. The molecule has 7 aromatic rings. The first-order valence-electron chi connectivity index (χ1n) is 14.5. The molecule has 0 bridgehead atoms. The molecule has 2 aromatic heterocycles. The number of hydrogen-bond donors (Lipinski definition) is 0. The molecule has 2 aliphatic rings. The van der Waals surface area contributed by atoms with Crippen LogP contribution in [0, 0.1) is 0 Å². The van der Waals surface area contributed by atoms with Crippen LogP contribution in [0.1, 0.15) is 28.2 Å². The third-order valence-corrected chi connectivity index (χ3v) is 8.53. The number of para-hydroxylation sites is 2. The maximum absolute atomic E-state index is 5.06. The van der Waals surface area contributed by atoms with E-state index >= 15 is 0 Å². The van der Waals surface area contributed by atoms with Crippen LogP contribution in [0.15, 0.2) is 145 Å². The summed E-state index contributed by atoms with van der Waals surface area (Å²) in [6.45, 7) is 0. The topological polar surface area (TPSA) is 51.0 Å². The first-order chi connectivity index (χ1) is 21.3. The summed E-state index contributed by atoms with van der Waals surface area (Å²) in [5.74, 6) is 1.63. The van der Waals surface area contributed by atoms with Crippen LogP contribution in [0.2, 0.25) is 0 Å². The van der Waals surface area contributed by atoms with Gasteiger partial charge in [-0.25, -0.2) is 19.9 Å². The van der Waals surface area contributed by atoms with E-state index in [0.717, 1.165) is 61.5 Å². The van der Waals surface area contributed by atoms with Crippen molar-refractivity contribution in [2.24, 2.45) is 4.99 Å². The fraction of sp³-hybridized carbons (Fsp3) is 0.0256. The van der Waals surface area contributed by atoms with E-state index < -0.39 is 0 Å². The number of allylic oxidation sites excluding steroid dienone is 1. The number of rotatable bonds is 3. The molecule has 0 fully saturated rings. The van der Waals surface area contributed by atoms with Crippen molar-refractivity contribution in [3.05, 3.63) is 162 Å². The number of nitrogens with zero attached hydrogens (tertiary/aromatic N) is 4. The van der Waals surface area contributed by atoms with E-state index in [1.165, 1.54) is 22.3 Å². The molecule has 0 saturated heterocycles. The summed E-state index contributed by atoms with van der Waals surface area (Å²) in [6, 6.07) is 46.4. The van der Waals surface area contributed by atoms with Crippen molar-refractivity contribution in [3.8, 4) is 22.6 Å². The Labute approximate surface area is 248 Å². The highest BCUT2D eigenvalue weighted by Gasteiger charge is 2.34. The molecule has 9 rings (SSSR count). The Morgan fingerprint density at radius 2 is 1.23 bits per heavy atom. The van der Waals surface area contributed by atoms with Crippen molar-refractivity contribution < 1.29 is 0 Å². The molecule has 1 atom stereocenters. The van der Waals surface area contributed by atoms with Gasteiger partial charge in [0.25, 0.3) is 0 Å². The van der Waals surface area contributed by atoms with Crippen LogP contribution < -0.4 is 0 Å².